The zero-order valence-corrected chi connectivity index (χ0v) is 24.8. The summed E-state index contributed by atoms with van der Waals surface area (Å²) in [6, 6.07) is 11.5. The van der Waals surface area contributed by atoms with Gasteiger partial charge in [-0.1, -0.05) is 12.1 Å². The highest BCUT2D eigenvalue weighted by atomic mass is 16.6. The number of methoxy groups -OCH3 is 6. The lowest BCUT2D eigenvalue weighted by Gasteiger charge is -2.19. The van der Waals surface area contributed by atoms with E-state index in [0.29, 0.717) is 9.16 Å². The Hall–Kier alpha value is -5.66. The Bertz CT molecular complexity index is 1720. The smallest absolute Gasteiger partial charge is 0.338 e. The number of hydrogen-bond acceptors (Lipinski definition) is 12. The maximum Gasteiger partial charge on any atom is 0.338 e. The second kappa shape index (κ2) is 13.5. The summed E-state index contributed by atoms with van der Waals surface area (Å²) in [5, 5.41) is 13.4. The molecule has 0 bridgehead atoms. The van der Waals surface area contributed by atoms with Gasteiger partial charge in [-0.3, -0.25) is 0 Å². The normalized spacial score (nSPS) is 10.6. The van der Waals surface area contributed by atoms with Gasteiger partial charge in [0.1, 0.15) is 17.8 Å². The fourth-order valence-corrected chi connectivity index (χ4v) is 4.45. The summed E-state index contributed by atoms with van der Waals surface area (Å²) in [6.45, 7) is -1.27. The van der Waals surface area contributed by atoms with Crippen molar-refractivity contribution in [3.05, 3.63) is 81.2 Å². The number of ether oxygens (including phenoxy) is 8. The number of nitrogens with zero attached hydrogens (tertiary/aromatic N) is 2. The molecule has 44 heavy (non-hydrogen) atoms. The fraction of sp³-hybridized carbons (Fsp3) is 0.267. The molecule has 4 rings (SSSR count). The molecule has 14 nitrogen and oxygen atoms in total. The average molecular weight is 611 g/mol. The molecule has 0 saturated heterocycles. The Kier molecular flexibility index (Phi) is 9.63. The number of para-hydroxylation sites is 2. The van der Waals surface area contributed by atoms with Crippen LogP contribution >= 0.6 is 0 Å². The van der Waals surface area contributed by atoms with Gasteiger partial charge >= 0.3 is 11.9 Å². The number of hydrogen-bond donors (Lipinski definition) is 0. The maximum atomic E-state index is 13.4. The molecule has 0 aliphatic carbocycles. The number of esters is 2. The molecule has 0 saturated carbocycles. The largest absolute Gasteiger partial charge is 0.805 e. The van der Waals surface area contributed by atoms with E-state index in [4.69, 9.17) is 37.9 Å². The van der Waals surface area contributed by atoms with Crippen molar-refractivity contribution in [1.82, 2.24) is 4.73 Å². The van der Waals surface area contributed by atoms with Crippen LogP contribution in [0.4, 0.5) is 0 Å². The van der Waals surface area contributed by atoms with Crippen LogP contribution in [0.5, 0.6) is 34.5 Å². The minimum atomic E-state index is -0.852. The molecular weight excluding hydrogens is 580 g/mol. The van der Waals surface area contributed by atoms with Crippen LogP contribution in [0.2, 0.25) is 0 Å². The van der Waals surface area contributed by atoms with Crippen LogP contribution in [0.1, 0.15) is 32.1 Å². The Morgan fingerprint density at radius 3 is 1.55 bits per heavy atom. The minimum Gasteiger partial charge on any atom is -0.805 e. The SMILES string of the molecule is COc1cc(C(=O)OCc2c(COC(=O)c3cc(OC)c(OC)c(OC)c3)[n+](=O)c3ccccc3n2[O-])cc(OC)c1OC. The Morgan fingerprint density at radius 2 is 1.11 bits per heavy atom. The first-order valence-corrected chi connectivity index (χ1v) is 12.9. The summed E-state index contributed by atoms with van der Waals surface area (Å²) in [5.74, 6) is -0.338. The second-order valence-corrected chi connectivity index (χ2v) is 8.95. The summed E-state index contributed by atoms with van der Waals surface area (Å²) in [5.41, 5.74) is -0.414. The van der Waals surface area contributed by atoms with Crippen molar-refractivity contribution in [2.75, 3.05) is 42.7 Å². The number of benzene rings is 3. The van der Waals surface area contributed by atoms with Crippen LogP contribution in [-0.4, -0.2) is 59.3 Å². The lowest BCUT2D eigenvalue weighted by molar-refractivity contribution is -0.479. The summed E-state index contributed by atoms with van der Waals surface area (Å²) in [4.78, 5) is 39.5. The number of carbonyl (C=O) groups excluding carboxylic acids is 2. The number of rotatable bonds is 12. The number of carbonyl (C=O) groups is 2. The summed E-state index contributed by atoms with van der Waals surface area (Å²) in [6.07, 6.45) is 0. The van der Waals surface area contributed by atoms with E-state index in [1.54, 1.807) is 12.1 Å². The third-order valence-corrected chi connectivity index (χ3v) is 6.62. The summed E-state index contributed by atoms with van der Waals surface area (Å²) < 4.78 is 43.5. The van der Waals surface area contributed by atoms with Crippen molar-refractivity contribution in [2.45, 2.75) is 13.2 Å². The molecule has 4 aromatic rings. The van der Waals surface area contributed by atoms with Crippen molar-refractivity contribution in [2.24, 2.45) is 0 Å². The zero-order chi connectivity index (χ0) is 32.0. The van der Waals surface area contributed by atoms with Crippen molar-refractivity contribution in [3.8, 4) is 34.5 Å². The van der Waals surface area contributed by atoms with E-state index < -0.39 is 25.2 Å². The highest BCUT2D eigenvalue weighted by Gasteiger charge is 2.27. The highest BCUT2D eigenvalue weighted by molar-refractivity contribution is 5.92. The van der Waals surface area contributed by atoms with Gasteiger partial charge in [0.05, 0.1) is 58.2 Å². The van der Waals surface area contributed by atoms with Crippen molar-refractivity contribution in [3.63, 3.8) is 0 Å². The van der Waals surface area contributed by atoms with Crippen molar-refractivity contribution in [1.29, 1.82) is 0 Å². The van der Waals surface area contributed by atoms with Crippen LogP contribution in [0.25, 0.3) is 11.0 Å². The first-order valence-electron chi connectivity index (χ1n) is 12.9. The maximum absolute atomic E-state index is 13.4. The highest BCUT2D eigenvalue weighted by Crippen LogP contribution is 2.39. The van der Waals surface area contributed by atoms with E-state index in [1.165, 1.54) is 79.1 Å². The first-order chi connectivity index (χ1) is 21.2. The third kappa shape index (κ3) is 5.95. The molecule has 0 amide bonds. The van der Waals surface area contributed by atoms with Gasteiger partial charge in [0.15, 0.2) is 29.6 Å². The lowest BCUT2D eigenvalue weighted by atomic mass is 10.1. The third-order valence-electron chi connectivity index (χ3n) is 6.62. The molecule has 1 aromatic heterocycles. The van der Waals surface area contributed by atoms with Gasteiger partial charge in [0.25, 0.3) is 11.2 Å². The van der Waals surface area contributed by atoms with Crippen LogP contribution in [0, 0.1) is 10.1 Å². The number of aromatic nitrogens is 2. The van der Waals surface area contributed by atoms with E-state index in [-0.39, 0.29) is 68.0 Å². The molecule has 0 atom stereocenters. The fourth-order valence-electron chi connectivity index (χ4n) is 4.45. The molecule has 0 unspecified atom stereocenters. The minimum absolute atomic E-state index is 0.0149. The second-order valence-electron chi connectivity index (χ2n) is 8.95. The van der Waals surface area contributed by atoms with E-state index in [9.17, 15) is 19.7 Å². The predicted octanol–water partition coefficient (Wildman–Crippen LogP) is 3.67. The Balaban J connectivity index is 1.67. The van der Waals surface area contributed by atoms with Crippen LogP contribution in [-0.2, 0) is 22.7 Å². The van der Waals surface area contributed by atoms with Gasteiger partial charge in [0, 0.05) is 11.0 Å². The lowest BCUT2D eigenvalue weighted by Crippen LogP contribution is -2.30. The van der Waals surface area contributed by atoms with E-state index >= 15 is 0 Å². The van der Waals surface area contributed by atoms with Gasteiger partial charge in [-0.25, -0.2) is 9.59 Å². The molecule has 0 radical (unpaired) electrons. The van der Waals surface area contributed by atoms with Gasteiger partial charge in [-0.2, -0.15) is 0 Å². The van der Waals surface area contributed by atoms with Gasteiger partial charge in [0.2, 0.25) is 11.5 Å². The molecule has 1 heterocycles. The van der Waals surface area contributed by atoms with Crippen LogP contribution in [0.3, 0.4) is 0 Å². The Morgan fingerprint density at radius 1 is 0.682 bits per heavy atom. The molecule has 0 fully saturated rings. The first kappa shape index (κ1) is 31.3. The molecule has 0 N–H and O–H groups in total. The van der Waals surface area contributed by atoms with E-state index in [0.717, 1.165) is 0 Å². The molecule has 0 spiro atoms. The topological polar surface area (TPSA) is 159 Å². The van der Waals surface area contributed by atoms with E-state index in [2.05, 4.69) is 0 Å². The molecule has 0 aliphatic rings. The molecular formula is C30H30N2O12. The quantitative estimate of drug-likeness (QED) is 0.169. The Labute approximate surface area is 251 Å². The molecule has 3 aromatic carbocycles. The predicted molar refractivity (Wildman–Crippen MR) is 155 cm³/mol. The van der Waals surface area contributed by atoms with Gasteiger partial charge < -0.3 is 47.8 Å². The summed E-state index contributed by atoms with van der Waals surface area (Å²) >= 11 is 0. The number of fused-ring (bicyclic) bond motifs is 1. The summed E-state index contributed by atoms with van der Waals surface area (Å²) in [7, 11) is 8.39. The zero-order valence-electron chi connectivity index (χ0n) is 24.8. The molecule has 0 aliphatic heterocycles. The van der Waals surface area contributed by atoms with Gasteiger partial charge in [-0.05, 0) is 30.3 Å². The van der Waals surface area contributed by atoms with E-state index in [1.807, 2.05) is 0 Å². The van der Waals surface area contributed by atoms with Crippen LogP contribution < -0.4 is 32.8 Å². The monoisotopic (exact) mass is 610 g/mol. The van der Waals surface area contributed by atoms with Crippen molar-refractivity contribution >= 4 is 23.0 Å². The van der Waals surface area contributed by atoms with Gasteiger partial charge in [-0.15, -0.1) is 0 Å². The molecule has 232 valence electrons. The van der Waals surface area contributed by atoms with Crippen molar-refractivity contribution < 1.29 is 51.9 Å². The standard InChI is InChI=1S/C30H30N2O12/c1-37-23-11-17(12-24(38-2)27(23)41-5)29(33)43-15-21-22(32(36)20-10-8-7-9-19(20)31(21)35)16-44-30(34)18-13-25(39-3)28(42-6)26(14-18)40-4/h7-14H,15-16H2,1-6H3. The average Bonchev–Trinajstić information content (AvgIpc) is 3.06. The molecule has 14 heteroatoms. The van der Waals surface area contributed by atoms with Crippen LogP contribution in [0.15, 0.2) is 48.5 Å².